The molecule has 0 bridgehead atoms. The van der Waals surface area contributed by atoms with E-state index >= 15 is 0 Å². The smallest absolute Gasteiger partial charge is 0.228 e. The van der Waals surface area contributed by atoms with E-state index in [-0.39, 0.29) is 17.9 Å². The quantitative estimate of drug-likeness (QED) is 0.873. The number of amides is 1. The topological polar surface area (TPSA) is 51.2 Å². The standard InChI is InChI=1S/C12H15BrN2O2/c1-17-9-6-5-8(7-9)12(16)15-11-4-2-3-10(13)14-11/h2-4,8-9H,5-7H2,1H3,(H,14,15,16)/t8-,9+/m0/s1. The van der Waals surface area contributed by atoms with Crippen LogP contribution in [0.25, 0.3) is 0 Å². The molecule has 1 fully saturated rings. The number of anilines is 1. The zero-order valence-electron chi connectivity index (χ0n) is 9.65. The summed E-state index contributed by atoms with van der Waals surface area (Å²) in [5, 5.41) is 2.83. The molecule has 0 aliphatic heterocycles. The number of nitrogens with one attached hydrogen (secondary N) is 1. The molecule has 0 radical (unpaired) electrons. The number of hydrogen-bond donors (Lipinski definition) is 1. The maximum Gasteiger partial charge on any atom is 0.228 e. The molecule has 1 aliphatic rings. The maximum absolute atomic E-state index is 12.0. The van der Waals surface area contributed by atoms with Gasteiger partial charge >= 0.3 is 0 Å². The van der Waals surface area contributed by atoms with Crippen LogP contribution in [-0.4, -0.2) is 24.1 Å². The average Bonchev–Trinajstić information content (AvgIpc) is 2.77. The van der Waals surface area contributed by atoms with Crippen molar-refractivity contribution < 1.29 is 9.53 Å². The first-order valence-corrected chi connectivity index (χ1v) is 6.44. The van der Waals surface area contributed by atoms with Gasteiger partial charge in [0, 0.05) is 13.0 Å². The molecule has 1 saturated carbocycles. The lowest BCUT2D eigenvalue weighted by atomic mass is 10.1. The van der Waals surface area contributed by atoms with Crippen LogP contribution in [-0.2, 0) is 9.53 Å². The largest absolute Gasteiger partial charge is 0.381 e. The predicted molar refractivity (Wildman–Crippen MR) is 68.7 cm³/mol. The lowest BCUT2D eigenvalue weighted by Crippen LogP contribution is -2.22. The summed E-state index contributed by atoms with van der Waals surface area (Å²) in [6.45, 7) is 0. The van der Waals surface area contributed by atoms with Crippen molar-refractivity contribution >= 4 is 27.7 Å². The molecule has 2 rings (SSSR count). The lowest BCUT2D eigenvalue weighted by molar-refractivity contribution is -0.120. The molecule has 0 aromatic carbocycles. The Balaban J connectivity index is 1.93. The van der Waals surface area contributed by atoms with Gasteiger partial charge in [-0.25, -0.2) is 4.98 Å². The van der Waals surface area contributed by atoms with Crippen molar-refractivity contribution in [1.82, 2.24) is 4.98 Å². The third-order valence-electron chi connectivity index (χ3n) is 3.06. The Morgan fingerprint density at radius 3 is 3.00 bits per heavy atom. The van der Waals surface area contributed by atoms with Crippen LogP contribution in [0.4, 0.5) is 5.82 Å². The summed E-state index contributed by atoms with van der Waals surface area (Å²) in [5.74, 6) is 0.668. The van der Waals surface area contributed by atoms with Crippen LogP contribution in [0.3, 0.4) is 0 Å². The second-order valence-electron chi connectivity index (χ2n) is 4.20. The zero-order chi connectivity index (χ0) is 12.3. The minimum Gasteiger partial charge on any atom is -0.381 e. The first-order valence-electron chi connectivity index (χ1n) is 5.65. The van der Waals surface area contributed by atoms with E-state index in [0.717, 1.165) is 23.9 Å². The van der Waals surface area contributed by atoms with Crippen molar-refractivity contribution in [3.8, 4) is 0 Å². The molecule has 2 atom stereocenters. The fourth-order valence-electron chi connectivity index (χ4n) is 2.10. The number of rotatable bonds is 3. The Morgan fingerprint density at radius 1 is 1.53 bits per heavy atom. The van der Waals surface area contributed by atoms with Crippen LogP contribution in [0.15, 0.2) is 22.8 Å². The van der Waals surface area contributed by atoms with Crippen LogP contribution in [0.2, 0.25) is 0 Å². The summed E-state index contributed by atoms with van der Waals surface area (Å²) in [7, 11) is 1.70. The Labute approximate surface area is 109 Å². The molecule has 0 spiro atoms. The highest BCUT2D eigenvalue weighted by Gasteiger charge is 2.29. The summed E-state index contributed by atoms with van der Waals surface area (Å²) in [4.78, 5) is 16.1. The first kappa shape index (κ1) is 12.5. The van der Waals surface area contributed by atoms with Gasteiger partial charge in [-0.2, -0.15) is 0 Å². The fourth-order valence-corrected chi connectivity index (χ4v) is 2.44. The predicted octanol–water partition coefficient (Wildman–Crippen LogP) is 2.60. The third-order valence-corrected chi connectivity index (χ3v) is 3.50. The van der Waals surface area contributed by atoms with E-state index in [1.807, 2.05) is 12.1 Å². The van der Waals surface area contributed by atoms with Gasteiger partial charge in [0.1, 0.15) is 10.4 Å². The third kappa shape index (κ3) is 3.26. The molecule has 4 nitrogen and oxygen atoms in total. The van der Waals surface area contributed by atoms with E-state index in [1.54, 1.807) is 13.2 Å². The van der Waals surface area contributed by atoms with E-state index < -0.39 is 0 Å². The molecule has 17 heavy (non-hydrogen) atoms. The van der Waals surface area contributed by atoms with Crippen molar-refractivity contribution in [2.75, 3.05) is 12.4 Å². The molecule has 0 unspecified atom stereocenters. The van der Waals surface area contributed by atoms with E-state index in [0.29, 0.717) is 5.82 Å². The minimum absolute atomic E-state index is 0.0372. The van der Waals surface area contributed by atoms with Gasteiger partial charge in [0.25, 0.3) is 0 Å². The molecule has 1 N–H and O–H groups in total. The van der Waals surface area contributed by atoms with Crippen LogP contribution >= 0.6 is 15.9 Å². The molecule has 1 aromatic heterocycles. The highest BCUT2D eigenvalue weighted by Crippen LogP contribution is 2.28. The summed E-state index contributed by atoms with van der Waals surface area (Å²) in [6, 6.07) is 5.46. The monoisotopic (exact) mass is 298 g/mol. The van der Waals surface area contributed by atoms with Crippen molar-refractivity contribution in [3.63, 3.8) is 0 Å². The number of hydrogen-bond acceptors (Lipinski definition) is 3. The molecular formula is C12H15BrN2O2. The average molecular weight is 299 g/mol. The van der Waals surface area contributed by atoms with E-state index in [4.69, 9.17) is 4.74 Å². The highest BCUT2D eigenvalue weighted by molar-refractivity contribution is 9.10. The second kappa shape index (κ2) is 5.60. The van der Waals surface area contributed by atoms with Gasteiger partial charge in [-0.3, -0.25) is 4.79 Å². The summed E-state index contributed by atoms with van der Waals surface area (Å²) in [6.07, 6.45) is 2.87. The van der Waals surface area contributed by atoms with Gasteiger partial charge in [-0.1, -0.05) is 6.07 Å². The summed E-state index contributed by atoms with van der Waals surface area (Å²) < 4.78 is 5.98. The van der Waals surface area contributed by atoms with Crippen LogP contribution in [0.1, 0.15) is 19.3 Å². The highest BCUT2D eigenvalue weighted by atomic mass is 79.9. The van der Waals surface area contributed by atoms with Gasteiger partial charge in [-0.05, 0) is 47.3 Å². The van der Waals surface area contributed by atoms with Crippen molar-refractivity contribution in [1.29, 1.82) is 0 Å². The van der Waals surface area contributed by atoms with E-state index in [2.05, 4.69) is 26.2 Å². The number of nitrogens with zero attached hydrogens (tertiary/aromatic N) is 1. The zero-order valence-corrected chi connectivity index (χ0v) is 11.2. The molecule has 1 aromatic rings. The summed E-state index contributed by atoms with van der Waals surface area (Å²) in [5.41, 5.74) is 0. The number of carbonyl (C=O) groups is 1. The number of carbonyl (C=O) groups excluding carboxylic acids is 1. The van der Waals surface area contributed by atoms with Gasteiger partial charge in [0.15, 0.2) is 0 Å². The van der Waals surface area contributed by atoms with Gasteiger partial charge in [-0.15, -0.1) is 0 Å². The number of pyridine rings is 1. The molecular weight excluding hydrogens is 284 g/mol. The Bertz CT molecular complexity index is 411. The number of methoxy groups -OCH3 is 1. The second-order valence-corrected chi connectivity index (χ2v) is 5.01. The number of ether oxygens (including phenoxy) is 1. The molecule has 1 heterocycles. The van der Waals surface area contributed by atoms with Crippen molar-refractivity contribution in [2.45, 2.75) is 25.4 Å². The number of aromatic nitrogens is 1. The number of halogens is 1. The fraction of sp³-hybridized carbons (Fsp3) is 0.500. The molecule has 5 heteroatoms. The maximum atomic E-state index is 12.0. The molecule has 1 amide bonds. The van der Waals surface area contributed by atoms with E-state index in [9.17, 15) is 4.79 Å². The van der Waals surface area contributed by atoms with Crippen LogP contribution in [0.5, 0.6) is 0 Å². The van der Waals surface area contributed by atoms with Gasteiger partial charge < -0.3 is 10.1 Å². The summed E-state index contributed by atoms with van der Waals surface area (Å²) >= 11 is 3.27. The Hall–Kier alpha value is -0.940. The lowest BCUT2D eigenvalue weighted by Gasteiger charge is -2.10. The normalized spacial score (nSPS) is 23.6. The molecule has 0 saturated heterocycles. The van der Waals surface area contributed by atoms with Crippen LogP contribution < -0.4 is 5.32 Å². The van der Waals surface area contributed by atoms with E-state index in [1.165, 1.54) is 0 Å². The minimum atomic E-state index is 0.0372. The molecule has 1 aliphatic carbocycles. The van der Waals surface area contributed by atoms with Crippen molar-refractivity contribution in [3.05, 3.63) is 22.8 Å². The first-order chi connectivity index (χ1) is 8.19. The van der Waals surface area contributed by atoms with Crippen molar-refractivity contribution in [2.24, 2.45) is 5.92 Å². The Kier molecular flexibility index (Phi) is 4.12. The Morgan fingerprint density at radius 2 is 2.35 bits per heavy atom. The SMILES string of the molecule is CO[C@@H]1CC[C@H](C(=O)Nc2cccc(Br)n2)C1. The van der Waals surface area contributed by atoms with Crippen LogP contribution in [0, 0.1) is 5.92 Å². The molecule has 92 valence electrons. The van der Waals surface area contributed by atoms with Gasteiger partial charge in [0.2, 0.25) is 5.91 Å². The van der Waals surface area contributed by atoms with Gasteiger partial charge in [0.05, 0.1) is 6.10 Å².